The molecule has 0 aliphatic heterocycles. The summed E-state index contributed by atoms with van der Waals surface area (Å²) in [6, 6.07) is 1.97. The van der Waals surface area contributed by atoms with Crippen molar-refractivity contribution in [2.75, 3.05) is 12.4 Å². The van der Waals surface area contributed by atoms with E-state index in [0.717, 1.165) is 0 Å². The fraction of sp³-hybridized carbons (Fsp3) is 0.545. The highest BCUT2D eigenvalue weighted by Gasteiger charge is 2.22. The Labute approximate surface area is 100 Å². The lowest BCUT2D eigenvalue weighted by atomic mass is 10.1. The number of aromatic nitrogens is 2. The molecule has 0 saturated carbocycles. The third-order valence-corrected chi connectivity index (χ3v) is 2.35. The number of nitriles is 1. The Morgan fingerprint density at radius 3 is 2.88 bits per heavy atom. The number of hydrogen-bond donors (Lipinski definition) is 1. The van der Waals surface area contributed by atoms with Gasteiger partial charge < -0.3 is 10.1 Å². The summed E-state index contributed by atoms with van der Waals surface area (Å²) in [7, 11) is 3.24. The Morgan fingerprint density at radius 1 is 1.71 bits per heavy atom. The van der Waals surface area contributed by atoms with Crippen LogP contribution < -0.4 is 5.32 Å². The van der Waals surface area contributed by atoms with E-state index in [0.29, 0.717) is 5.56 Å². The molecular formula is C11H16N4O2. The van der Waals surface area contributed by atoms with Crippen LogP contribution in [0.5, 0.6) is 0 Å². The number of amides is 1. The average Bonchev–Trinajstić information content (AvgIpc) is 2.57. The van der Waals surface area contributed by atoms with Crippen LogP contribution in [0.15, 0.2) is 6.20 Å². The predicted octanol–water partition coefficient (Wildman–Crippen LogP) is 1.05. The molecule has 1 rings (SSSR count). The topological polar surface area (TPSA) is 79.9 Å². The number of hydrogen-bond acceptors (Lipinski definition) is 4. The van der Waals surface area contributed by atoms with Gasteiger partial charge in [0.05, 0.1) is 12.0 Å². The van der Waals surface area contributed by atoms with E-state index in [4.69, 9.17) is 10.00 Å². The van der Waals surface area contributed by atoms with Crippen molar-refractivity contribution < 1.29 is 9.53 Å². The minimum absolute atomic E-state index is 0.199. The maximum atomic E-state index is 11.7. The number of carbonyl (C=O) groups excluding carboxylic acids is 1. The standard InChI is InChI=1S/C11H16N4O2/c1-11(2,17-4)5-9(16)13-10-8(6-12)7-15(3)14-10/h7H,5H2,1-4H3,(H,13,14,16). The minimum Gasteiger partial charge on any atom is -0.378 e. The van der Waals surface area contributed by atoms with Gasteiger partial charge in [0.15, 0.2) is 5.82 Å². The first-order chi connectivity index (χ1) is 7.88. The molecule has 0 aliphatic rings. The van der Waals surface area contributed by atoms with E-state index in [1.54, 1.807) is 20.4 Å². The average molecular weight is 236 g/mol. The van der Waals surface area contributed by atoms with Crippen LogP contribution in [0.2, 0.25) is 0 Å². The van der Waals surface area contributed by atoms with E-state index in [-0.39, 0.29) is 18.1 Å². The van der Waals surface area contributed by atoms with Gasteiger partial charge in [-0.05, 0) is 13.8 Å². The van der Waals surface area contributed by atoms with E-state index in [2.05, 4.69) is 10.4 Å². The number of ether oxygens (including phenoxy) is 1. The summed E-state index contributed by atoms with van der Waals surface area (Å²) < 4.78 is 6.64. The van der Waals surface area contributed by atoms with Crippen LogP contribution in [-0.4, -0.2) is 28.4 Å². The van der Waals surface area contributed by atoms with Gasteiger partial charge in [-0.3, -0.25) is 9.48 Å². The van der Waals surface area contributed by atoms with Crippen molar-refractivity contribution in [3.8, 4) is 6.07 Å². The molecule has 1 aromatic rings. The van der Waals surface area contributed by atoms with Crippen molar-refractivity contribution in [1.82, 2.24) is 9.78 Å². The summed E-state index contributed by atoms with van der Waals surface area (Å²) in [4.78, 5) is 11.7. The van der Waals surface area contributed by atoms with Gasteiger partial charge in [-0.2, -0.15) is 10.4 Å². The van der Waals surface area contributed by atoms with Gasteiger partial charge in [-0.25, -0.2) is 0 Å². The Hall–Kier alpha value is -1.87. The fourth-order valence-corrected chi connectivity index (χ4v) is 1.30. The number of rotatable bonds is 4. The summed E-state index contributed by atoms with van der Waals surface area (Å²) in [6.07, 6.45) is 1.75. The Morgan fingerprint density at radius 2 is 2.35 bits per heavy atom. The summed E-state index contributed by atoms with van der Waals surface area (Å²) in [5, 5.41) is 15.4. The highest BCUT2D eigenvalue weighted by molar-refractivity contribution is 5.91. The SMILES string of the molecule is COC(C)(C)CC(=O)Nc1nn(C)cc1C#N. The molecule has 0 saturated heterocycles. The molecule has 17 heavy (non-hydrogen) atoms. The molecule has 0 bridgehead atoms. The van der Waals surface area contributed by atoms with Crippen molar-refractivity contribution in [3.63, 3.8) is 0 Å². The molecule has 6 heteroatoms. The fourth-order valence-electron chi connectivity index (χ4n) is 1.30. The van der Waals surface area contributed by atoms with E-state index < -0.39 is 5.60 Å². The zero-order valence-corrected chi connectivity index (χ0v) is 10.4. The molecular weight excluding hydrogens is 220 g/mol. The molecule has 0 fully saturated rings. The largest absolute Gasteiger partial charge is 0.378 e. The molecule has 1 aromatic heterocycles. The van der Waals surface area contributed by atoms with Gasteiger partial charge >= 0.3 is 0 Å². The van der Waals surface area contributed by atoms with Gasteiger partial charge in [0.1, 0.15) is 11.6 Å². The minimum atomic E-state index is -0.536. The third-order valence-electron chi connectivity index (χ3n) is 2.35. The van der Waals surface area contributed by atoms with Gasteiger partial charge in [-0.15, -0.1) is 0 Å². The quantitative estimate of drug-likeness (QED) is 0.847. The highest BCUT2D eigenvalue weighted by atomic mass is 16.5. The number of carbonyl (C=O) groups is 1. The second kappa shape index (κ2) is 4.97. The summed E-state index contributed by atoms with van der Waals surface area (Å²) in [5.41, 5.74) is -0.192. The molecule has 1 N–H and O–H groups in total. The molecule has 0 aliphatic carbocycles. The molecule has 0 unspecified atom stereocenters. The number of nitrogens with one attached hydrogen (secondary N) is 1. The van der Waals surface area contributed by atoms with Crippen LogP contribution in [0.25, 0.3) is 0 Å². The van der Waals surface area contributed by atoms with E-state index in [9.17, 15) is 4.79 Å². The van der Waals surface area contributed by atoms with Crippen molar-refractivity contribution in [3.05, 3.63) is 11.8 Å². The first-order valence-electron chi connectivity index (χ1n) is 5.16. The Balaban J connectivity index is 2.72. The number of methoxy groups -OCH3 is 1. The molecule has 1 amide bonds. The molecule has 6 nitrogen and oxygen atoms in total. The lowest BCUT2D eigenvalue weighted by Gasteiger charge is -2.21. The van der Waals surface area contributed by atoms with E-state index >= 15 is 0 Å². The molecule has 0 atom stereocenters. The molecule has 1 heterocycles. The van der Waals surface area contributed by atoms with Crippen molar-refractivity contribution >= 4 is 11.7 Å². The molecule has 0 spiro atoms. The Bertz CT molecular complexity index is 457. The van der Waals surface area contributed by atoms with Crippen LogP contribution in [0, 0.1) is 11.3 Å². The maximum absolute atomic E-state index is 11.7. The van der Waals surface area contributed by atoms with Gasteiger partial charge in [0, 0.05) is 20.4 Å². The second-order valence-corrected chi connectivity index (χ2v) is 4.37. The smallest absolute Gasteiger partial charge is 0.228 e. The molecule has 0 radical (unpaired) electrons. The van der Waals surface area contributed by atoms with Gasteiger partial charge in [0.2, 0.25) is 5.91 Å². The summed E-state index contributed by atoms with van der Waals surface area (Å²) in [6.45, 7) is 3.63. The summed E-state index contributed by atoms with van der Waals surface area (Å²) >= 11 is 0. The number of anilines is 1. The Kier molecular flexibility index (Phi) is 3.86. The van der Waals surface area contributed by atoms with Crippen LogP contribution in [0.4, 0.5) is 5.82 Å². The van der Waals surface area contributed by atoms with Crippen LogP contribution >= 0.6 is 0 Å². The van der Waals surface area contributed by atoms with Crippen molar-refractivity contribution in [1.29, 1.82) is 5.26 Å². The van der Waals surface area contributed by atoms with Gasteiger partial charge in [0.25, 0.3) is 0 Å². The number of aryl methyl sites for hydroxylation is 1. The lowest BCUT2D eigenvalue weighted by Crippen LogP contribution is -2.29. The van der Waals surface area contributed by atoms with Crippen LogP contribution in [0.1, 0.15) is 25.8 Å². The normalized spacial score (nSPS) is 11.0. The van der Waals surface area contributed by atoms with Crippen LogP contribution in [-0.2, 0) is 16.6 Å². The maximum Gasteiger partial charge on any atom is 0.228 e. The number of nitrogens with zero attached hydrogens (tertiary/aromatic N) is 3. The first kappa shape index (κ1) is 13.2. The predicted molar refractivity (Wildman–Crippen MR) is 62.3 cm³/mol. The molecule has 0 aromatic carbocycles. The second-order valence-electron chi connectivity index (χ2n) is 4.37. The van der Waals surface area contributed by atoms with Crippen LogP contribution in [0.3, 0.4) is 0 Å². The lowest BCUT2D eigenvalue weighted by molar-refractivity contribution is -0.121. The monoisotopic (exact) mass is 236 g/mol. The van der Waals surface area contributed by atoms with Gasteiger partial charge in [-0.1, -0.05) is 0 Å². The zero-order valence-electron chi connectivity index (χ0n) is 10.4. The third kappa shape index (κ3) is 3.57. The van der Waals surface area contributed by atoms with E-state index in [1.807, 2.05) is 19.9 Å². The molecule has 92 valence electrons. The van der Waals surface area contributed by atoms with Crippen molar-refractivity contribution in [2.45, 2.75) is 25.9 Å². The van der Waals surface area contributed by atoms with E-state index in [1.165, 1.54) is 4.68 Å². The van der Waals surface area contributed by atoms with Crippen molar-refractivity contribution in [2.24, 2.45) is 7.05 Å². The zero-order chi connectivity index (χ0) is 13.1. The first-order valence-corrected chi connectivity index (χ1v) is 5.16. The summed E-state index contributed by atoms with van der Waals surface area (Å²) in [5.74, 6) is 0.0546. The highest BCUT2D eigenvalue weighted by Crippen LogP contribution is 2.16.